The topological polar surface area (TPSA) is 94.5 Å². The van der Waals surface area contributed by atoms with Crippen LogP contribution >= 0.6 is 15.9 Å². The van der Waals surface area contributed by atoms with E-state index in [2.05, 4.69) is 31.3 Å². The molecule has 0 aromatic carbocycles. The zero-order valence-electron chi connectivity index (χ0n) is 11.3. The summed E-state index contributed by atoms with van der Waals surface area (Å²) >= 11 is 3.43. The number of anilines is 1. The Balaban J connectivity index is 1.78. The molecular formula is C13H16BrN5O2. The van der Waals surface area contributed by atoms with Gasteiger partial charge in [-0.25, -0.2) is 14.3 Å². The molecule has 0 saturated heterocycles. The van der Waals surface area contributed by atoms with Gasteiger partial charge in [-0.3, -0.25) is 0 Å². The summed E-state index contributed by atoms with van der Waals surface area (Å²) in [6.45, 7) is 0. The molecule has 8 heteroatoms. The molecule has 1 aliphatic rings. The maximum absolute atomic E-state index is 11.0. The quantitative estimate of drug-likeness (QED) is 0.882. The summed E-state index contributed by atoms with van der Waals surface area (Å²) in [4.78, 5) is 15.3. The monoisotopic (exact) mass is 353 g/mol. The number of hydrogen-bond acceptors (Lipinski definition) is 5. The minimum absolute atomic E-state index is 0.0157. The van der Waals surface area contributed by atoms with E-state index in [4.69, 9.17) is 10.5 Å². The van der Waals surface area contributed by atoms with Gasteiger partial charge in [-0.2, -0.15) is 0 Å². The number of nitrogens with zero attached hydrogens (tertiary/aromatic N) is 3. The number of ether oxygens (including phenoxy) is 1. The van der Waals surface area contributed by atoms with Crippen molar-refractivity contribution in [3.8, 4) is 0 Å². The van der Waals surface area contributed by atoms with Crippen molar-refractivity contribution in [2.45, 2.75) is 37.8 Å². The van der Waals surface area contributed by atoms with E-state index in [-0.39, 0.29) is 12.1 Å². The van der Waals surface area contributed by atoms with Gasteiger partial charge < -0.3 is 15.8 Å². The van der Waals surface area contributed by atoms with Gasteiger partial charge in [0.15, 0.2) is 0 Å². The number of nitrogens with one attached hydrogen (secondary N) is 1. The van der Waals surface area contributed by atoms with Crippen LogP contribution < -0.4 is 11.1 Å². The maximum Gasteiger partial charge on any atom is 0.404 e. The second-order valence-electron chi connectivity index (χ2n) is 5.09. The highest BCUT2D eigenvalue weighted by molar-refractivity contribution is 9.10. The Morgan fingerprint density at radius 3 is 3.05 bits per heavy atom. The first-order valence-corrected chi connectivity index (χ1v) is 7.66. The van der Waals surface area contributed by atoms with Crippen LogP contribution in [0.4, 0.5) is 10.7 Å². The smallest absolute Gasteiger partial charge is 0.404 e. The summed E-state index contributed by atoms with van der Waals surface area (Å²) in [6.07, 6.45) is 4.57. The van der Waals surface area contributed by atoms with Gasteiger partial charge in [-0.15, -0.1) is 5.10 Å². The van der Waals surface area contributed by atoms with Gasteiger partial charge in [0.05, 0.1) is 17.8 Å². The number of hydrogen-bond donors (Lipinski definition) is 2. The molecule has 2 heterocycles. The molecule has 21 heavy (non-hydrogen) atoms. The predicted octanol–water partition coefficient (Wildman–Crippen LogP) is 2.31. The zero-order valence-corrected chi connectivity index (χ0v) is 12.9. The van der Waals surface area contributed by atoms with Crippen LogP contribution in [0.2, 0.25) is 0 Å². The van der Waals surface area contributed by atoms with Crippen molar-refractivity contribution in [2.75, 3.05) is 5.32 Å². The van der Waals surface area contributed by atoms with Gasteiger partial charge in [0.25, 0.3) is 0 Å². The molecule has 1 aliphatic carbocycles. The Kier molecular flexibility index (Phi) is 3.96. The van der Waals surface area contributed by atoms with E-state index in [0.29, 0.717) is 5.95 Å². The lowest BCUT2D eigenvalue weighted by atomic mass is 9.92. The van der Waals surface area contributed by atoms with E-state index < -0.39 is 6.09 Å². The Morgan fingerprint density at radius 2 is 2.24 bits per heavy atom. The first-order chi connectivity index (χ1) is 10.1. The van der Waals surface area contributed by atoms with Crippen LogP contribution in [-0.2, 0) is 4.74 Å². The molecule has 1 saturated carbocycles. The van der Waals surface area contributed by atoms with Crippen molar-refractivity contribution in [3.05, 3.63) is 22.9 Å². The second kappa shape index (κ2) is 5.88. The molecule has 1 fully saturated rings. The molecule has 7 nitrogen and oxygen atoms in total. The summed E-state index contributed by atoms with van der Waals surface area (Å²) in [5.74, 6) is 0.504. The fourth-order valence-corrected chi connectivity index (χ4v) is 3.07. The van der Waals surface area contributed by atoms with Gasteiger partial charge in [0, 0.05) is 0 Å². The van der Waals surface area contributed by atoms with E-state index in [9.17, 15) is 4.79 Å². The van der Waals surface area contributed by atoms with Gasteiger partial charge in [-0.05, 0) is 47.3 Å². The van der Waals surface area contributed by atoms with Gasteiger partial charge in [0.1, 0.15) is 10.7 Å². The van der Waals surface area contributed by atoms with Crippen LogP contribution in [0.5, 0.6) is 0 Å². The van der Waals surface area contributed by atoms with Crippen molar-refractivity contribution < 1.29 is 9.53 Å². The van der Waals surface area contributed by atoms with Crippen molar-refractivity contribution in [1.82, 2.24) is 14.6 Å². The molecule has 0 spiro atoms. The number of aromatic nitrogens is 3. The Morgan fingerprint density at radius 1 is 1.43 bits per heavy atom. The zero-order chi connectivity index (χ0) is 14.8. The number of primary amides is 1. The van der Waals surface area contributed by atoms with Crippen LogP contribution in [-0.4, -0.2) is 32.8 Å². The molecule has 2 aromatic heterocycles. The average molecular weight is 354 g/mol. The fraction of sp³-hybridized carbons (Fsp3) is 0.462. The SMILES string of the molecule is NC(=O)O[C@H]1CCCC[C@H]1Nc1ncc2ccc(Br)n2n1. The molecule has 2 atom stereocenters. The van der Waals surface area contributed by atoms with Crippen molar-refractivity contribution in [3.63, 3.8) is 0 Å². The third-order valence-electron chi connectivity index (χ3n) is 3.64. The summed E-state index contributed by atoms with van der Waals surface area (Å²) in [6, 6.07) is 3.82. The molecule has 2 aromatic rings. The number of carbonyl (C=O) groups is 1. The highest BCUT2D eigenvalue weighted by atomic mass is 79.9. The van der Waals surface area contributed by atoms with Gasteiger partial charge in [0.2, 0.25) is 5.95 Å². The molecular weight excluding hydrogens is 338 g/mol. The first kappa shape index (κ1) is 14.1. The Labute approximate surface area is 130 Å². The van der Waals surface area contributed by atoms with Crippen LogP contribution in [0.25, 0.3) is 5.52 Å². The van der Waals surface area contributed by atoms with E-state index in [1.807, 2.05) is 12.1 Å². The molecule has 3 N–H and O–H groups in total. The van der Waals surface area contributed by atoms with Crippen LogP contribution in [0.3, 0.4) is 0 Å². The molecule has 0 radical (unpaired) electrons. The highest BCUT2D eigenvalue weighted by Gasteiger charge is 2.28. The van der Waals surface area contributed by atoms with Crippen LogP contribution in [0.15, 0.2) is 22.9 Å². The molecule has 0 aliphatic heterocycles. The molecule has 0 bridgehead atoms. The predicted molar refractivity (Wildman–Crippen MR) is 81.0 cm³/mol. The van der Waals surface area contributed by atoms with Crippen LogP contribution in [0.1, 0.15) is 25.7 Å². The third kappa shape index (κ3) is 3.10. The fourth-order valence-electron chi connectivity index (χ4n) is 2.65. The number of rotatable bonds is 3. The van der Waals surface area contributed by atoms with Crippen molar-refractivity contribution in [1.29, 1.82) is 0 Å². The van der Waals surface area contributed by atoms with E-state index in [1.54, 1.807) is 10.7 Å². The number of carbonyl (C=O) groups excluding carboxylic acids is 1. The normalized spacial score (nSPS) is 22.1. The average Bonchev–Trinajstić information content (AvgIpc) is 2.82. The van der Waals surface area contributed by atoms with E-state index in [1.165, 1.54) is 0 Å². The van der Waals surface area contributed by atoms with Crippen molar-refractivity contribution >= 4 is 33.5 Å². The Hall–Kier alpha value is -1.83. The molecule has 1 amide bonds. The summed E-state index contributed by atoms with van der Waals surface area (Å²) in [5, 5.41) is 7.67. The number of fused-ring (bicyclic) bond motifs is 1. The van der Waals surface area contributed by atoms with E-state index in [0.717, 1.165) is 35.8 Å². The highest BCUT2D eigenvalue weighted by Crippen LogP contribution is 2.24. The minimum atomic E-state index is -0.738. The second-order valence-corrected chi connectivity index (χ2v) is 5.90. The molecule has 3 rings (SSSR count). The third-order valence-corrected chi connectivity index (χ3v) is 4.24. The molecule has 112 valence electrons. The van der Waals surface area contributed by atoms with Crippen molar-refractivity contribution in [2.24, 2.45) is 5.73 Å². The van der Waals surface area contributed by atoms with Crippen LogP contribution in [0, 0.1) is 0 Å². The lowest BCUT2D eigenvalue weighted by Gasteiger charge is -2.31. The van der Waals surface area contributed by atoms with E-state index >= 15 is 0 Å². The Bertz CT molecular complexity index is 659. The number of halogens is 1. The molecule has 0 unspecified atom stereocenters. The number of amides is 1. The summed E-state index contributed by atoms with van der Waals surface area (Å²) in [7, 11) is 0. The first-order valence-electron chi connectivity index (χ1n) is 6.86. The minimum Gasteiger partial charge on any atom is -0.444 e. The lowest BCUT2D eigenvalue weighted by Crippen LogP contribution is -2.41. The lowest BCUT2D eigenvalue weighted by molar-refractivity contribution is 0.0743. The summed E-state index contributed by atoms with van der Waals surface area (Å²) < 4.78 is 7.79. The van der Waals surface area contributed by atoms with Gasteiger partial charge in [-0.1, -0.05) is 6.42 Å². The largest absolute Gasteiger partial charge is 0.444 e. The number of nitrogens with two attached hydrogens (primary N) is 1. The van der Waals surface area contributed by atoms with Gasteiger partial charge >= 0.3 is 6.09 Å². The maximum atomic E-state index is 11.0. The standard InChI is InChI=1S/C13H16BrN5O2/c14-11-6-5-8-7-16-13(18-19(8)11)17-9-3-1-2-4-10(9)21-12(15)20/h5-7,9-10H,1-4H2,(H2,15,20)(H,17,18)/t9-,10+/m1/s1. The summed E-state index contributed by atoms with van der Waals surface area (Å²) in [5.41, 5.74) is 6.03.